The Kier molecular flexibility index (Phi) is 4.72. The highest BCUT2D eigenvalue weighted by Crippen LogP contribution is 2.02. The molecule has 1 amide bonds. The Morgan fingerprint density at radius 1 is 1.10 bits per heavy atom. The molecule has 0 saturated carbocycles. The van der Waals surface area contributed by atoms with Crippen LogP contribution in [-0.2, 0) is 16.1 Å². The van der Waals surface area contributed by atoms with Gasteiger partial charge in [-0.05, 0) is 30.3 Å². The summed E-state index contributed by atoms with van der Waals surface area (Å²) in [6.45, 7) is 0.271. The van der Waals surface area contributed by atoms with Crippen LogP contribution in [0.5, 0.6) is 0 Å². The van der Waals surface area contributed by atoms with E-state index >= 15 is 0 Å². The maximum Gasteiger partial charge on any atom is 0.254 e. The molecule has 20 heavy (non-hydrogen) atoms. The topological polar surface area (TPSA) is 72.0 Å². The summed E-state index contributed by atoms with van der Waals surface area (Å²) in [5, 5.41) is 2.64. The normalized spacial score (nSPS) is 10.9. The molecular formula is C15H13N3O2. The predicted octanol–water partition coefficient (Wildman–Crippen LogP) is 1.38. The summed E-state index contributed by atoms with van der Waals surface area (Å²) < 4.78 is 0. The molecule has 0 aliphatic rings. The molecule has 0 fully saturated rings. The van der Waals surface area contributed by atoms with Gasteiger partial charge in [0.25, 0.3) is 5.91 Å². The molecule has 1 N–H and O–H groups in total. The number of amides is 1. The Balaban J connectivity index is 2.03. The van der Waals surface area contributed by atoms with Crippen LogP contribution in [0.3, 0.4) is 0 Å². The van der Waals surface area contributed by atoms with Crippen molar-refractivity contribution in [3.8, 4) is 0 Å². The Morgan fingerprint density at radius 3 is 2.45 bits per heavy atom. The van der Waals surface area contributed by atoms with Crippen LogP contribution in [0.4, 0.5) is 0 Å². The van der Waals surface area contributed by atoms with E-state index in [1.54, 1.807) is 42.7 Å². The largest absolute Gasteiger partial charge is 0.346 e. The van der Waals surface area contributed by atoms with E-state index < -0.39 is 5.91 Å². The van der Waals surface area contributed by atoms with Gasteiger partial charge in [0, 0.05) is 12.4 Å². The second-order valence-corrected chi connectivity index (χ2v) is 3.98. The number of rotatable bonds is 5. The number of hydrogen-bond acceptors (Lipinski definition) is 4. The molecule has 0 radical (unpaired) electrons. The van der Waals surface area contributed by atoms with Gasteiger partial charge in [-0.3, -0.25) is 19.6 Å². The van der Waals surface area contributed by atoms with Crippen LogP contribution in [-0.4, -0.2) is 22.2 Å². The molecule has 2 aromatic rings. The minimum absolute atomic E-state index is 0.0274. The lowest BCUT2D eigenvalue weighted by atomic mass is 10.2. The average Bonchev–Trinajstić information content (AvgIpc) is 2.52. The highest BCUT2D eigenvalue weighted by atomic mass is 16.2. The Morgan fingerprint density at radius 2 is 1.85 bits per heavy atom. The molecule has 5 nitrogen and oxygen atoms in total. The summed E-state index contributed by atoms with van der Waals surface area (Å²) in [6, 6.07) is 10.7. The summed E-state index contributed by atoms with van der Waals surface area (Å²) in [5.74, 6) is -0.448. The molecule has 0 unspecified atom stereocenters. The van der Waals surface area contributed by atoms with E-state index in [1.807, 2.05) is 6.07 Å². The van der Waals surface area contributed by atoms with Crippen molar-refractivity contribution in [2.24, 2.45) is 0 Å². The first kappa shape index (κ1) is 13.6. The van der Waals surface area contributed by atoms with Crippen molar-refractivity contribution >= 4 is 18.3 Å². The molecule has 2 rings (SSSR count). The molecule has 0 atom stereocenters. The third kappa shape index (κ3) is 3.84. The van der Waals surface area contributed by atoms with Gasteiger partial charge in [0.15, 0.2) is 6.29 Å². The van der Waals surface area contributed by atoms with Crippen molar-refractivity contribution < 1.29 is 9.59 Å². The van der Waals surface area contributed by atoms with Gasteiger partial charge in [-0.15, -0.1) is 0 Å². The smallest absolute Gasteiger partial charge is 0.254 e. The molecule has 2 heterocycles. The monoisotopic (exact) mass is 267 g/mol. The van der Waals surface area contributed by atoms with Gasteiger partial charge in [-0.1, -0.05) is 12.1 Å². The lowest BCUT2D eigenvalue weighted by Crippen LogP contribution is -2.25. The van der Waals surface area contributed by atoms with E-state index in [0.717, 1.165) is 5.69 Å². The van der Waals surface area contributed by atoms with Crippen molar-refractivity contribution in [2.45, 2.75) is 6.54 Å². The maximum atomic E-state index is 11.9. The second kappa shape index (κ2) is 6.94. The summed E-state index contributed by atoms with van der Waals surface area (Å²) in [4.78, 5) is 31.0. The van der Waals surface area contributed by atoms with Gasteiger partial charge in [0.2, 0.25) is 0 Å². The lowest BCUT2D eigenvalue weighted by molar-refractivity contribution is -0.119. The first-order valence-electron chi connectivity index (χ1n) is 6.05. The van der Waals surface area contributed by atoms with Crippen LogP contribution in [0.1, 0.15) is 11.4 Å². The zero-order valence-electron chi connectivity index (χ0n) is 10.7. The van der Waals surface area contributed by atoms with Crippen LogP contribution in [0.25, 0.3) is 6.08 Å². The van der Waals surface area contributed by atoms with E-state index in [0.29, 0.717) is 12.0 Å². The zero-order valence-corrected chi connectivity index (χ0v) is 10.7. The highest BCUT2D eigenvalue weighted by Gasteiger charge is 2.08. The summed E-state index contributed by atoms with van der Waals surface area (Å²) in [5.41, 5.74) is 1.31. The Bertz CT molecular complexity index is 610. The number of nitrogens with one attached hydrogen (secondary N) is 1. The Labute approximate surface area is 116 Å². The number of carbonyl (C=O) groups is 2. The van der Waals surface area contributed by atoms with Crippen LogP contribution in [0, 0.1) is 0 Å². The molecule has 0 aliphatic heterocycles. The van der Waals surface area contributed by atoms with Crippen molar-refractivity contribution in [3.63, 3.8) is 0 Å². The number of hydrogen-bond donors (Lipinski definition) is 1. The standard InChI is InChI=1S/C15H13N3O2/c19-11-12(9-13-5-1-3-7-16-13)15(20)18-10-14-6-2-4-8-17-14/h1-9,11H,10H2,(H,18,20)/b12-9+. The molecule has 0 bridgehead atoms. The van der Waals surface area contributed by atoms with Crippen LogP contribution in [0.2, 0.25) is 0 Å². The second-order valence-electron chi connectivity index (χ2n) is 3.98. The molecule has 0 aromatic carbocycles. The lowest BCUT2D eigenvalue weighted by Gasteiger charge is -2.04. The molecular weight excluding hydrogens is 254 g/mol. The van der Waals surface area contributed by atoms with E-state index in [9.17, 15) is 9.59 Å². The zero-order chi connectivity index (χ0) is 14.2. The van der Waals surface area contributed by atoms with Crippen LogP contribution >= 0.6 is 0 Å². The van der Waals surface area contributed by atoms with Gasteiger partial charge in [-0.25, -0.2) is 0 Å². The highest BCUT2D eigenvalue weighted by molar-refractivity contribution is 6.14. The van der Waals surface area contributed by atoms with Gasteiger partial charge in [-0.2, -0.15) is 0 Å². The average molecular weight is 267 g/mol. The summed E-state index contributed by atoms with van der Waals surface area (Å²) >= 11 is 0. The van der Waals surface area contributed by atoms with E-state index in [-0.39, 0.29) is 12.1 Å². The molecule has 5 heteroatoms. The fourth-order valence-corrected chi connectivity index (χ4v) is 1.55. The fourth-order valence-electron chi connectivity index (χ4n) is 1.55. The number of carbonyl (C=O) groups excluding carboxylic acids is 2. The third-order valence-corrected chi connectivity index (χ3v) is 2.54. The van der Waals surface area contributed by atoms with Crippen molar-refractivity contribution in [1.29, 1.82) is 0 Å². The minimum atomic E-state index is -0.448. The van der Waals surface area contributed by atoms with Crippen molar-refractivity contribution in [2.75, 3.05) is 0 Å². The van der Waals surface area contributed by atoms with Crippen molar-refractivity contribution in [1.82, 2.24) is 15.3 Å². The van der Waals surface area contributed by atoms with Crippen LogP contribution in [0.15, 0.2) is 54.4 Å². The molecule has 2 aromatic heterocycles. The first-order valence-corrected chi connectivity index (χ1v) is 6.05. The van der Waals surface area contributed by atoms with Gasteiger partial charge in [0.05, 0.1) is 23.5 Å². The maximum absolute atomic E-state index is 11.9. The number of aldehydes is 1. The minimum Gasteiger partial charge on any atom is -0.346 e. The Hall–Kier alpha value is -2.82. The SMILES string of the molecule is O=C/C(=C\c1ccccn1)C(=O)NCc1ccccn1. The summed E-state index contributed by atoms with van der Waals surface area (Å²) in [6.07, 6.45) is 5.20. The summed E-state index contributed by atoms with van der Waals surface area (Å²) in [7, 11) is 0. The van der Waals surface area contributed by atoms with E-state index in [2.05, 4.69) is 15.3 Å². The fraction of sp³-hybridized carbons (Fsp3) is 0.0667. The third-order valence-electron chi connectivity index (χ3n) is 2.54. The number of pyridine rings is 2. The molecule has 0 saturated heterocycles. The number of aromatic nitrogens is 2. The molecule has 100 valence electrons. The van der Waals surface area contributed by atoms with Gasteiger partial charge in [0.1, 0.15) is 0 Å². The molecule has 0 aliphatic carbocycles. The first-order chi connectivity index (χ1) is 9.79. The quantitative estimate of drug-likeness (QED) is 0.384. The van der Waals surface area contributed by atoms with E-state index in [1.165, 1.54) is 6.08 Å². The predicted molar refractivity (Wildman–Crippen MR) is 74.4 cm³/mol. The van der Waals surface area contributed by atoms with Crippen molar-refractivity contribution in [3.05, 3.63) is 65.8 Å². The van der Waals surface area contributed by atoms with Crippen LogP contribution < -0.4 is 5.32 Å². The molecule has 0 spiro atoms. The van der Waals surface area contributed by atoms with Gasteiger partial charge < -0.3 is 5.32 Å². The number of nitrogens with zero attached hydrogens (tertiary/aromatic N) is 2. The van der Waals surface area contributed by atoms with Gasteiger partial charge >= 0.3 is 0 Å². The van der Waals surface area contributed by atoms with E-state index in [4.69, 9.17) is 0 Å².